The minimum atomic E-state index is -0.539. The number of fused-ring (bicyclic) bond motifs is 2. The Kier molecular flexibility index (Phi) is 15.3. The fourth-order valence-electron chi connectivity index (χ4n) is 7.35. The van der Waals surface area contributed by atoms with E-state index in [0.717, 1.165) is 32.2 Å². The molecule has 3 saturated heterocycles. The fourth-order valence-corrected chi connectivity index (χ4v) is 7.35. The molecular formula is C46H64F3N11O7. The predicted molar refractivity (Wildman–Crippen MR) is 254 cm³/mol. The average Bonchev–Trinajstić information content (AvgIpc) is 3.88. The third-order valence-corrected chi connectivity index (χ3v) is 10.8. The SMILES string of the molecule is CC(C)(C)OC(=O)N1CCN(c2cc(O)c(N)cc2F)CC1.CN(C)c1nc2cc(F)c(N3CCN(C(=O)OC(C)(C)C)CC3)cc2o1.CN(C)c1nc2cc(F)c(N3CCNCC3)cc2o1. The summed E-state index contributed by atoms with van der Waals surface area (Å²) in [4.78, 5) is 45.1. The molecule has 0 bridgehead atoms. The van der Waals surface area contributed by atoms with Gasteiger partial charge >= 0.3 is 12.2 Å². The molecule has 67 heavy (non-hydrogen) atoms. The molecule has 5 heterocycles. The largest absolute Gasteiger partial charge is 0.506 e. The molecule has 4 N–H and O–H groups in total. The number of nitrogens with one attached hydrogen (secondary N) is 1. The van der Waals surface area contributed by atoms with Gasteiger partial charge in [0.15, 0.2) is 11.2 Å². The second-order valence-electron chi connectivity index (χ2n) is 18.8. The Labute approximate surface area is 388 Å². The summed E-state index contributed by atoms with van der Waals surface area (Å²) in [6.45, 7) is 18.1. The molecule has 18 nitrogen and oxygen atoms in total. The molecule has 8 rings (SSSR count). The number of benzene rings is 3. The average molecular weight is 940 g/mol. The number of amides is 2. The number of halogens is 3. The highest BCUT2D eigenvalue weighted by molar-refractivity contribution is 5.81. The lowest BCUT2D eigenvalue weighted by Gasteiger charge is -2.36. The maximum atomic E-state index is 14.6. The summed E-state index contributed by atoms with van der Waals surface area (Å²) in [7, 11) is 7.33. The van der Waals surface area contributed by atoms with Crippen LogP contribution in [-0.2, 0) is 9.47 Å². The Morgan fingerprint density at radius 1 is 0.612 bits per heavy atom. The second-order valence-corrected chi connectivity index (χ2v) is 18.8. The van der Waals surface area contributed by atoms with Crippen LogP contribution in [0.25, 0.3) is 22.2 Å². The molecule has 0 aliphatic carbocycles. The van der Waals surface area contributed by atoms with Gasteiger partial charge in [-0.05, 0) is 41.5 Å². The van der Waals surface area contributed by atoms with Crippen LogP contribution in [0.2, 0.25) is 0 Å². The number of aromatic nitrogens is 2. The van der Waals surface area contributed by atoms with E-state index in [1.807, 2.05) is 79.5 Å². The Hall–Kier alpha value is -6.51. The van der Waals surface area contributed by atoms with Crippen LogP contribution in [0.1, 0.15) is 41.5 Å². The molecule has 366 valence electrons. The van der Waals surface area contributed by atoms with Crippen molar-refractivity contribution in [3.05, 3.63) is 53.8 Å². The van der Waals surface area contributed by atoms with Gasteiger partial charge in [-0.3, -0.25) is 0 Å². The number of rotatable bonds is 5. The minimum absolute atomic E-state index is 0.00800. The highest BCUT2D eigenvalue weighted by atomic mass is 19.1. The number of nitrogen functional groups attached to an aromatic ring is 1. The molecule has 0 saturated carbocycles. The molecule has 3 aliphatic heterocycles. The number of oxazole rings is 2. The van der Waals surface area contributed by atoms with E-state index < -0.39 is 17.0 Å². The number of carbonyl (C=O) groups excluding carboxylic acids is 2. The highest BCUT2D eigenvalue weighted by Gasteiger charge is 2.29. The first kappa shape index (κ1) is 49.9. The van der Waals surface area contributed by atoms with Crippen molar-refractivity contribution in [3.63, 3.8) is 0 Å². The van der Waals surface area contributed by atoms with Crippen molar-refractivity contribution >= 4 is 69.2 Å². The summed E-state index contributed by atoms with van der Waals surface area (Å²) in [5, 5.41) is 12.9. The van der Waals surface area contributed by atoms with Crippen molar-refractivity contribution in [3.8, 4) is 5.75 Å². The van der Waals surface area contributed by atoms with Crippen LogP contribution >= 0.6 is 0 Å². The Morgan fingerprint density at radius 2 is 0.970 bits per heavy atom. The lowest BCUT2D eigenvalue weighted by atomic mass is 10.2. The van der Waals surface area contributed by atoms with Crippen molar-refractivity contribution in [1.29, 1.82) is 0 Å². The monoisotopic (exact) mass is 939 g/mol. The molecule has 5 aromatic rings. The van der Waals surface area contributed by atoms with E-state index in [1.54, 1.807) is 36.6 Å². The van der Waals surface area contributed by atoms with Gasteiger partial charge in [0.05, 0.1) is 22.7 Å². The van der Waals surface area contributed by atoms with Crippen molar-refractivity contribution in [2.75, 3.05) is 137 Å². The zero-order valence-corrected chi connectivity index (χ0v) is 40.1. The Morgan fingerprint density at radius 3 is 1.34 bits per heavy atom. The molecule has 0 spiro atoms. The van der Waals surface area contributed by atoms with Crippen molar-refractivity contribution in [1.82, 2.24) is 25.1 Å². The van der Waals surface area contributed by atoms with Crippen LogP contribution in [0.4, 0.5) is 57.5 Å². The van der Waals surface area contributed by atoms with E-state index in [2.05, 4.69) is 15.3 Å². The third kappa shape index (κ3) is 12.9. The first-order valence-electron chi connectivity index (χ1n) is 22.2. The van der Waals surface area contributed by atoms with E-state index in [9.17, 15) is 27.9 Å². The van der Waals surface area contributed by atoms with Crippen LogP contribution in [0.5, 0.6) is 5.75 Å². The lowest BCUT2D eigenvalue weighted by Crippen LogP contribution is -2.50. The number of phenols is 1. The fraction of sp³-hybridized carbons (Fsp3) is 0.522. The molecule has 2 amide bonds. The van der Waals surface area contributed by atoms with E-state index in [1.165, 1.54) is 18.2 Å². The summed E-state index contributed by atoms with van der Waals surface area (Å²) < 4.78 is 64.7. The molecule has 3 aliphatic rings. The molecule has 0 atom stereocenters. The highest BCUT2D eigenvalue weighted by Crippen LogP contribution is 2.32. The van der Waals surface area contributed by atoms with E-state index in [4.69, 9.17) is 24.0 Å². The molecule has 21 heteroatoms. The van der Waals surface area contributed by atoms with Crippen LogP contribution in [0.3, 0.4) is 0 Å². The number of anilines is 6. The lowest BCUT2D eigenvalue weighted by molar-refractivity contribution is 0.0230. The van der Waals surface area contributed by atoms with Gasteiger partial charge in [-0.2, -0.15) is 9.97 Å². The number of piperazine rings is 3. The van der Waals surface area contributed by atoms with Crippen LogP contribution in [-0.4, -0.2) is 155 Å². The Bertz CT molecular complexity index is 2500. The zero-order chi connectivity index (χ0) is 49.0. The number of ether oxygens (including phenoxy) is 2. The van der Waals surface area contributed by atoms with Gasteiger partial charge in [0.25, 0.3) is 12.0 Å². The van der Waals surface area contributed by atoms with Crippen molar-refractivity contribution in [2.45, 2.75) is 52.7 Å². The van der Waals surface area contributed by atoms with Gasteiger partial charge in [-0.25, -0.2) is 22.8 Å². The number of nitrogens with two attached hydrogens (primary N) is 1. The van der Waals surface area contributed by atoms with Crippen LogP contribution < -0.4 is 35.6 Å². The van der Waals surface area contributed by atoms with Gasteiger partial charge < -0.3 is 68.8 Å². The van der Waals surface area contributed by atoms with Gasteiger partial charge in [-0.1, -0.05) is 0 Å². The summed E-state index contributed by atoms with van der Waals surface area (Å²) in [6, 6.07) is 9.60. The number of carbonyl (C=O) groups is 2. The number of phenolic OH excluding ortho intramolecular Hbond substituents is 1. The topological polar surface area (TPSA) is 186 Å². The van der Waals surface area contributed by atoms with Crippen LogP contribution in [0.15, 0.2) is 45.2 Å². The maximum Gasteiger partial charge on any atom is 0.410 e. The quantitative estimate of drug-likeness (QED) is 0.125. The summed E-state index contributed by atoms with van der Waals surface area (Å²) >= 11 is 0. The summed E-state index contributed by atoms with van der Waals surface area (Å²) in [5.74, 6) is -1.22. The van der Waals surface area contributed by atoms with E-state index in [-0.39, 0.29) is 40.9 Å². The standard InChI is InChI=1S/C18H25FN4O3.C15H22FN3O3.C13H17FN4O/c1-18(2,3)26-17(24)23-8-6-22(7-9-23)14-11-15-13(10-12(14)19)20-16(25-15)21(4)5;1-15(2,3)22-14(21)19-6-4-18(5-7-19)12-9-13(20)11(17)8-10(12)16;1-17(2)13-16-10-7-9(14)11(8-12(10)19-13)18-5-3-15-4-6-18/h10-11H,6-9H2,1-5H3;8-9,20H,4-7,17H2,1-3H3;7-8,15H,3-6H2,1-2H3. The number of nitrogens with zero attached hydrogens (tertiary/aromatic N) is 9. The molecule has 0 radical (unpaired) electrons. The maximum absolute atomic E-state index is 14.6. The molecular weight excluding hydrogens is 876 g/mol. The van der Waals surface area contributed by atoms with Gasteiger partial charge in [0.2, 0.25) is 0 Å². The smallest absolute Gasteiger partial charge is 0.410 e. The van der Waals surface area contributed by atoms with Crippen LogP contribution in [0, 0.1) is 17.5 Å². The van der Waals surface area contributed by atoms with Gasteiger partial charge in [0, 0.05) is 143 Å². The molecule has 2 aromatic heterocycles. The number of hydrogen-bond donors (Lipinski definition) is 3. The minimum Gasteiger partial charge on any atom is -0.506 e. The number of hydrogen-bond acceptors (Lipinski definition) is 16. The third-order valence-electron chi connectivity index (χ3n) is 10.8. The molecule has 3 aromatic carbocycles. The van der Waals surface area contributed by atoms with Crippen molar-refractivity contribution in [2.24, 2.45) is 0 Å². The summed E-state index contributed by atoms with van der Waals surface area (Å²) in [6.07, 6.45) is -0.702. The predicted octanol–water partition coefficient (Wildman–Crippen LogP) is 6.70. The second kappa shape index (κ2) is 20.6. The van der Waals surface area contributed by atoms with Gasteiger partial charge in [-0.15, -0.1) is 0 Å². The molecule has 3 fully saturated rings. The van der Waals surface area contributed by atoms with Gasteiger partial charge in [0.1, 0.15) is 45.4 Å². The molecule has 0 unspecified atom stereocenters. The van der Waals surface area contributed by atoms with E-state index >= 15 is 0 Å². The normalized spacial score (nSPS) is 15.7. The number of aromatic hydroxyl groups is 1. The summed E-state index contributed by atoms with van der Waals surface area (Å²) in [5.41, 5.74) is 7.96. The Balaban J connectivity index is 0.000000168. The zero-order valence-electron chi connectivity index (χ0n) is 40.1. The van der Waals surface area contributed by atoms with E-state index in [0.29, 0.717) is 98.0 Å². The first-order valence-corrected chi connectivity index (χ1v) is 22.2. The van der Waals surface area contributed by atoms with Crippen molar-refractivity contribution < 1.29 is 46.2 Å². The first-order chi connectivity index (χ1) is 31.5.